The first-order valence-corrected chi connectivity index (χ1v) is 3.59. The number of hydrogen-bond donors (Lipinski definition) is 1. The van der Waals surface area contributed by atoms with Crippen molar-refractivity contribution in [3.63, 3.8) is 0 Å². The summed E-state index contributed by atoms with van der Waals surface area (Å²) in [7, 11) is 1.23. The third kappa shape index (κ3) is 1.71. The molecule has 0 aliphatic carbocycles. The molecule has 0 aromatic carbocycles. The Labute approximate surface area is 77.7 Å². The molecule has 4 nitrogen and oxygen atoms in total. The van der Waals surface area contributed by atoms with Gasteiger partial charge in [-0.05, 0) is 0 Å². The van der Waals surface area contributed by atoms with Crippen molar-refractivity contribution < 1.29 is 13.5 Å². The number of alkyl halides is 2. The van der Waals surface area contributed by atoms with E-state index in [2.05, 4.69) is 9.72 Å². The van der Waals surface area contributed by atoms with E-state index in [1.165, 1.54) is 13.2 Å². The standard InChI is InChI=1S/C8H6F2N2O2/c1-14-6-2-5(13)4(3-11)7(12-6)8(9)10/h2,8H,1H3,(H,12,13). The number of ether oxygens (including phenoxy) is 1. The van der Waals surface area contributed by atoms with Crippen molar-refractivity contribution in [3.05, 3.63) is 27.5 Å². The zero-order valence-electron chi connectivity index (χ0n) is 7.17. The lowest BCUT2D eigenvalue weighted by Gasteiger charge is -2.05. The van der Waals surface area contributed by atoms with Crippen LogP contribution in [0.1, 0.15) is 17.7 Å². The normalized spacial score (nSPS) is 9.93. The molecule has 1 aromatic heterocycles. The number of halogens is 2. The largest absolute Gasteiger partial charge is 0.482 e. The predicted octanol–water partition coefficient (Wildman–Crippen LogP) is 1.19. The van der Waals surface area contributed by atoms with Crippen molar-refractivity contribution in [1.29, 1.82) is 5.26 Å². The lowest BCUT2D eigenvalue weighted by atomic mass is 10.2. The van der Waals surface area contributed by atoms with Gasteiger partial charge in [-0.15, -0.1) is 0 Å². The summed E-state index contributed by atoms with van der Waals surface area (Å²) in [5, 5.41) is 8.47. The molecule has 0 aliphatic heterocycles. The van der Waals surface area contributed by atoms with Gasteiger partial charge in [0.2, 0.25) is 5.43 Å². The maximum atomic E-state index is 12.3. The number of aromatic amines is 1. The van der Waals surface area contributed by atoms with Crippen LogP contribution in [0.15, 0.2) is 10.9 Å². The van der Waals surface area contributed by atoms with Gasteiger partial charge in [-0.2, -0.15) is 5.26 Å². The van der Waals surface area contributed by atoms with Gasteiger partial charge in [0, 0.05) is 6.07 Å². The molecule has 0 saturated heterocycles. The maximum Gasteiger partial charge on any atom is 0.279 e. The van der Waals surface area contributed by atoms with E-state index in [-0.39, 0.29) is 5.88 Å². The van der Waals surface area contributed by atoms with E-state index in [0.717, 1.165) is 6.07 Å². The zero-order valence-corrected chi connectivity index (χ0v) is 7.17. The average molecular weight is 200 g/mol. The Morgan fingerprint density at radius 1 is 1.64 bits per heavy atom. The minimum Gasteiger partial charge on any atom is -0.482 e. The lowest BCUT2D eigenvalue weighted by molar-refractivity contribution is 0.144. The summed E-state index contributed by atoms with van der Waals surface area (Å²) in [5.74, 6) is -0.0932. The SMILES string of the molecule is COc1cc(=O)c(C#N)c(C(F)F)[nH]1. The second-order valence-electron chi connectivity index (χ2n) is 2.40. The van der Waals surface area contributed by atoms with E-state index < -0.39 is 23.1 Å². The second kappa shape index (κ2) is 3.87. The molecule has 6 heteroatoms. The van der Waals surface area contributed by atoms with Crippen LogP contribution < -0.4 is 10.2 Å². The van der Waals surface area contributed by atoms with Crippen LogP contribution in [0.5, 0.6) is 5.88 Å². The predicted molar refractivity (Wildman–Crippen MR) is 43.3 cm³/mol. The summed E-state index contributed by atoms with van der Waals surface area (Å²) in [6.45, 7) is 0. The van der Waals surface area contributed by atoms with E-state index >= 15 is 0 Å². The molecule has 0 saturated carbocycles. The molecule has 0 fully saturated rings. The number of rotatable bonds is 2. The first-order chi connectivity index (χ1) is 6.60. The van der Waals surface area contributed by atoms with Crippen LogP contribution in [0.4, 0.5) is 8.78 Å². The summed E-state index contributed by atoms with van der Waals surface area (Å²) in [5.41, 5.74) is -2.07. The van der Waals surface area contributed by atoms with Gasteiger partial charge in [0.05, 0.1) is 7.11 Å². The van der Waals surface area contributed by atoms with Gasteiger partial charge in [-0.1, -0.05) is 0 Å². The van der Waals surface area contributed by atoms with E-state index in [1.54, 1.807) is 0 Å². The molecule has 1 aromatic rings. The van der Waals surface area contributed by atoms with Crippen molar-refractivity contribution in [1.82, 2.24) is 4.98 Å². The number of aromatic nitrogens is 1. The summed E-state index contributed by atoms with van der Waals surface area (Å²) in [6, 6.07) is 2.37. The molecule has 1 rings (SSSR count). The third-order valence-electron chi connectivity index (χ3n) is 1.59. The molecule has 1 N–H and O–H groups in total. The highest BCUT2D eigenvalue weighted by Gasteiger charge is 2.17. The number of methoxy groups -OCH3 is 1. The fourth-order valence-corrected chi connectivity index (χ4v) is 0.944. The molecule has 0 spiro atoms. The zero-order chi connectivity index (χ0) is 10.7. The van der Waals surface area contributed by atoms with Gasteiger partial charge in [0.1, 0.15) is 17.3 Å². The number of nitriles is 1. The summed E-state index contributed by atoms with van der Waals surface area (Å²) < 4.78 is 29.3. The number of nitrogens with one attached hydrogen (secondary N) is 1. The summed E-state index contributed by atoms with van der Waals surface area (Å²) >= 11 is 0. The minimum atomic E-state index is -2.91. The van der Waals surface area contributed by atoms with Crippen LogP contribution in [0.3, 0.4) is 0 Å². The molecule has 0 atom stereocenters. The smallest absolute Gasteiger partial charge is 0.279 e. The Hall–Kier alpha value is -1.90. The van der Waals surface area contributed by atoms with Crippen LogP contribution in [0.25, 0.3) is 0 Å². The molecule has 1 heterocycles. The Morgan fingerprint density at radius 2 is 2.29 bits per heavy atom. The van der Waals surface area contributed by atoms with Gasteiger partial charge in [0.25, 0.3) is 6.43 Å². The highest BCUT2D eigenvalue weighted by Crippen LogP contribution is 2.20. The van der Waals surface area contributed by atoms with Crippen molar-refractivity contribution >= 4 is 0 Å². The van der Waals surface area contributed by atoms with Gasteiger partial charge in [-0.3, -0.25) is 4.79 Å². The molecular formula is C8H6F2N2O2. The van der Waals surface area contributed by atoms with Crippen LogP contribution in [0.2, 0.25) is 0 Å². The van der Waals surface area contributed by atoms with Crippen LogP contribution in [-0.2, 0) is 0 Å². The Bertz CT molecular complexity index is 434. The molecule has 0 aliphatic rings. The molecule has 74 valence electrons. The number of nitrogens with zero attached hydrogens (tertiary/aromatic N) is 1. The maximum absolute atomic E-state index is 12.3. The quantitative estimate of drug-likeness (QED) is 0.779. The first-order valence-electron chi connectivity index (χ1n) is 3.59. The van der Waals surface area contributed by atoms with Crippen molar-refractivity contribution in [2.45, 2.75) is 6.43 Å². The number of pyridine rings is 1. The average Bonchev–Trinajstić information content (AvgIpc) is 2.16. The van der Waals surface area contributed by atoms with Gasteiger partial charge in [0.15, 0.2) is 5.88 Å². The minimum absolute atomic E-state index is 0.0932. The Kier molecular flexibility index (Phi) is 2.82. The van der Waals surface area contributed by atoms with E-state index in [1.807, 2.05) is 0 Å². The number of hydrogen-bond acceptors (Lipinski definition) is 3. The number of H-pyrrole nitrogens is 1. The van der Waals surface area contributed by atoms with Gasteiger partial charge < -0.3 is 9.72 Å². The molecule has 14 heavy (non-hydrogen) atoms. The van der Waals surface area contributed by atoms with Crippen molar-refractivity contribution in [2.75, 3.05) is 7.11 Å². The summed E-state index contributed by atoms with van der Waals surface area (Å²) in [4.78, 5) is 13.3. The van der Waals surface area contributed by atoms with Crippen molar-refractivity contribution in [2.24, 2.45) is 0 Å². The van der Waals surface area contributed by atoms with Crippen LogP contribution >= 0.6 is 0 Å². The van der Waals surface area contributed by atoms with Crippen molar-refractivity contribution in [3.8, 4) is 11.9 Å². The highest BCUT2D eigenvalue weighted by atomic mass is 19.3. The lowest BCUT2D eigenvalue weighted by Crippen LogP contribution is -2.12. The van der Waals surface area contributed by atoms with Crippen LogP contribution in [-0.4, -0.2) is 12.1 Å². The summed E-state index contributed by atoms with van der Waals surface area (Å²) in [6.07, 6.45) is -2.91. The fourth-order valence-electron chi connectivity index (χ4n) is 0.944. The molecule has 0 amide bonds. The molecule has 0 unspecified atom stereocenters. The monoisotopic (exact) mass is 200 g/mol. The van der Waals surface area contributed by atoms with Gasteiger partial charge in [-0.25, -0.2) is 8.78 Å². The molecule has 0 bridgehead atoms. The first kappa shape index (κ1) is 10.2. The Balaban J connectivity index is 3.46. The van der Waals surface area contributed by atoms with E-state index in [4.69, 9.17) is 5.26 Å². The third-order valence-corrected chi connectivity index (χ3v) is 1.59. The van der Waals surface area contributed by atoms with E-state index in [0.29, 0.717) is 0 Å². The second-order valence-corrected chi connectivity index (χ2v) is 2.40. The van der Waals surface area contributed by atoms with E-state index in [9.17, 15) is 13.6 Å². The fraction of sp³-hybridized carbons (Fsp3) is 0.250. The molecule has 0 radical (unpaired) electrons. The highest BCUT2D eigenvalue weighted by molar-refractivity contribution is 5.36. The topological polar surface area (TPSA) is 65.9 Å². The van der Waals surface area contributed by atoms with Gasteiger partial charge >= 0.3 is 0 Å². The Morgan fingerprint density at radius 3 is 2.71 bits per heavy atom. The molecular weight excluding hydrogens is 194 g/mol. The van der Waals surface area contributed by atoms with Crippen LogP contribution in [0, 0.1) is 11.3 Å².